The van der Waals surface area contributed by atoms with E-state index in [2.05, 4.69) is 14.9 Å². The molecule has 0 aromatic carbocycles. The molecule has 5 heteroatoms. The molecule has 1 aromatic heterocycles. The Hall–Kier alpha value is -0.870. The Kier molecular flexibility index (Phi) is 3.89. The number of aliphatic hydroxyl groups excluding tert-OH is 1. The Morgan fingerprint density at radius 1 is 1.32 bits per heavy atom. The van der Waals surface area contributed by atoms with Crippen molar-refractivity contribution < 1.29 is 5.11 Å². The minimum atomic E-state index is 0.274. The maximum Gasteiger partial charge on any atom is 0.135 e. The highest BCUT2D eigenvalue weighted by Crippen LogP contribution is 2.39. The molecule has 1 aliphatic carbocycles. The lowest BCUT2D eigenvalue weighted by Gasteiger charge is -2.33. The first-order chi connectivity index (χ1) is 9.26. The summed E-state index contributed by atoms with van der Waals surface area (Å²) in [5, 5.41) is 9.63. The van der Waals surface area contributed by atoms with Crippen molar-refractivity contribution in [2.75, 3.05) is 24.6 Å². The summed E-state index contributed by atoms with van der Waals surface area (Å²) in [6.07, 6.45) is 5.61. The van der Waals surface area contributed by atoms with Crippen LogP contribution in [0.15, 0.2) is 6.07 Å². The lowest BCUT2D eigenvalue weighted by atomic mass is 9.95. The number of aliphatic hydroxyl groups is 1. The van der Waals surface area contributed by atoms with Gasteiger partial charge in [0, 0.05) is 31.7 Å². The molecule has 0 amide bonds. The lowest BCUT2D eigenvalue weighted by Crippen LogP contribution is -2.36. The molecule has 1 N–H and O–H groups in total. The van der Waals surface area contributed by atoms with Gasteiger partial charge in [0.2, 0.25) is 0 Å². The van der Waals surface area contributed by atoms with Crippen molar-refractivity contribution in [2.24, 2.45) is 5.92 Å². The molecule has 4 nitrogen and oxygen atoms in total. The molecular weight excluding hydrogens is 262 g/mol. The van der Waals surface area contributed by atoms with Gasteiger partial charge in [0.25, 0.3) is 0 Å². The zero-order valence-electron chi connectivity index (χ0n) is 11.1. The summed E-state index contributed by atoms with van der Waals surface area (Å²) in [5.74, 6) is 2.96. The summed E-state index contributed by atoms with van der Waals surface area (Å²) >= 11 is 6.12. The maximum atomic E-state index is 9.08. The minimum absolute atomic E-state index is 0.274. The second-order valence-corrected chi connectivity index (χ2v) is 6.04. The molecular formula is C14H20ClN3O. The van der Waals surface area contributed by atoms with Crippen LogP contribution in [0, 0.1) is 5.92 Å². The Bertz CT molecular complexity index is 448. The Labute approximate surface area is 118 Å². The highest BCUT2D eigenvalue weighted by Gasteiger charge is 2.28. The first-order valence-electron chi connectivity index (χ1n) is 7.16. The van der Waals surface area contributed by atoms with Crippen molar-refractivity contribution in [3.63, 3.8) is 0 Å². The van der Waals surface area contributed by atoms with Crippen LogP contribution in [-0.4, -0.2) is 34.8 Å². The number of piperidine rings is 1. The quantitative estimate of drug-likeness (QED) is 0.862. The fourth-order valence-corrected chi connectivity index (χ4v) is 2.98. The normalized spacial score (nSPS) is 23.7. The highest BCUT2D eigenvalue weighted by molar-refractivity contribution is 6.29. The van der Waals surface area contributed by atoms with Crippen molar-refractivity contribution in [2.45, 2.75) is 38.0 Å². The Morgan fingerprint density at radius 2 is 2.16 bits per heavy atom. The minimum Gasteiger partial charge on any atom is -0.396 e. The van der Waals surface area contributed by atoms with Crippen LogP contribution in [-0.2, 0) is 0 Å². The van der Waals surface area contributed by atoms with Gasteiger partial charge < -0.3 is 10.0 Å². The summed E-state index contributed by atoms with van der Waals surface area (Å²) in [6, 6.07) is 1.87. The van der Waals surface area contributed by atoms with Gasteiger partial charge in [0.1, 0.15) is 16.8 Å². The fraction of sp³-hybridized carbons (Fsp3) is 0.714. The third kappa shape index (κ3) is 3.18. The van der Waals surface area contributed by atoms with Crippen LogP contribution in [0.2, 0.25) is 5.15 Å². The van der Waals surface area contributed by atoms with E-state index in [-0.39, 0.29) is 6.61 Å². The van der Waals surface area contributed by atoms with Crippen molar-refractivity contribution in [3.8, 4) is 0 Å². The van der Waals surface area contributed by atoms with E-state index in [1.54, 1.807) is 0 Å². The predicted octanol–water partition coefficient (Wildman–Crippen LogP) is 2.61. The van der Waals surface area contributed by atoms with Gasteiger partial charge in [-0.1, -0.05) is 11.6 Å². The Morgan fingerprint density at radius 3 is 2.89 bits per heavy atom. The van der Waals surface area contributed by atoms with Gasteiger partial charge in [-0.05, 0) is 38.0 Å². The first-order valence-corrected chi connectivity index (χ1v) is 7.54. The number of halogens is 1. The van der Waals surface area contributed by atoms with Crippen LogP contribution in [0.4, 0.5) is 5.82 Å². The highest BCUT2D eigenvalue weighted by atomic mass is 35.5. The number of rotatable bonds is 4. The zero-order chi connectivity index (χ0) is 13.2. The average molecular weight is 282 g/mol. The number of hydrogen-bond acceptors (Lipinski definition) is 4. The Balaban J connectivity index is 1.76. The van der Waals surface area contributed by atoms with Crippen molar-refractivity contribution in [1.29, 1.82) is 0 Å². The summed E-state index contributed by atoms with van der Waals surface area (Å²) in [6.45, 7) is 2.27. The van der Waals surface area contributed by atoms with Crippen LogP contribution in [0.5, 0.6) is 0 Å². The van der Waals surface area contributed by atoms with Crippen LogP contribution >= 0.6 is 11.6 Å². The van der Waals surface area contributed by atoms with Gasteiger partial charge in [-0.15, -0.1) is 0 Å². The zero-order valence-corrected chi connectivity index (χ0v) is 11.8. The van der Waals surface area contributed by atoms with E-state index in [0.29, 0.717) is 17.0 Å². The van der Waals surface area contributed by atoms with Crippen molar-refractivity contribution in [1.82, 2.24) is 9.97 Å². The van der Waals surface area contributed by atoms with Gasteiger partial charge in [0.05, 0.1) is 0 Å². The molecule has 19 heavy (non-hydrogen) atoms. The monoisotopic (exact) mass is 281 g/mol. The fourth-order valence-electron chi connectivity index (χ4n) is 2.80. The average Bonchev–Trinajstić information content (AvgIpc) is 3.23. The summed E-state index contributed by atoms with van der Waals surface area (Å²) in [7, 11) is 0. The molecule has 3 rings (SSSR count). The van der Waals surface area contributed by atoms with E-state index < -0.39 is 0 Å². The van der Waals surface area contributed by atoms with Crippen LogP contribution < -0.4 is 4.90 Å². The van der Waals surface area contributed by atoms with Gasteiger partial charge >= 0.3 is 0 Å². The SMILES string of the molecule is OCCC1CCCN(c2cc(Cl)nc(C3CC3)n2)C1. The molecule has 2 aliphatic rings. The largest absolute Gasteiger partial charge is 0.396 e. The molecule has 2 heterocycles. The van der Waals surface area contributed by atoms with Crippen molar-refractivity contribution >= 4 is 17.4 Å². The van der Waals surface area contributed by atoms with Gasteiger partial charge in [-0.3, -0.25) is 0 Å². The number of anilines is 1. The molecule has 0 radical (unpaired) electrons. The van der Waals surface area contributed by atoms with Gasteiger partial charge in [0.15, 0.2) is 0 Å². The van der Waals surface area contributed by atoms with Gasteiger partial charge in [-0.25, -0.2) is 9.97 Å². The molecule has 1 aliphatic heterocycles. The number of nitrogens with zero attached hydrogens (tertiary/aromatic N) is 3. The molecule has 104 valence electrons. The second-order valence-electron chi connectivity index (χ2n) is 5.65. The van der Waals surface area contributed by atoms with Crippen molar-refractivity contribution in [3.05, 3.63) is 17.0 Å². The smallest absolute Gasteiger partial charge is 0.135 e. The molecule has 1 aromatic rings. The second kappa shape index (κ2) is 5.63. The molecule has 0 bridgehead atoms. The molecule has 0 spiro atoms. The van der Waals surface area contributed by atoms with E-state index in [4.69, 9.17) is 16.7 Å². The lowest BCUT2D eigenvalue weighted by molar-refractivity contribution is 0.244. The van der Waals surface area contributed by atoms with E-state index in [9.17, 15) is 0 Å². The van der Waals surface area contributed by atoms with E-state index in [1.807, 2.05) is 6.07 Å². The standard InChI is InChI=1S/C14H20ClN3O/c15-12-8-13(17-14(16-12)11-3-4-11)18-6-1-2-10(9-18)5-7-19/h8,10-11,19H,1-7,9H2. The summed E-state index contributed by atoms with van der Waals surface area (Å²) in [5.41, 5.74) is 0. The molecule has 1 saturated carbocycles. The van der Waals surface area contributed by atoms with E-state index in [0.717, 1.165) is 37.6 Å². The molecule has 2 fully saturated rings. The molecule has 1 saturated heterocycles. The van der Waals surface area contributed by atoms with E-state index >= 15 is 0 Å². The van der Waals surface area contributed by atoms with Crippen LogP contribution in [0.1, 0.15) is 43.8 Å². The van der Waals surface area contributed by atoms with Gasteiger partial charge in [-0.2, -0.15) is 0 Å². The first kappa shape index (κ1) is 13.1. The van der Waals surface area contributed by atoms with Crippen LogP contribution in [0.25, 0.3) is 0 Å². The molecule has 1 unspecified atom stereocenters. The topological polar surface area (TPSA) is 49.2 Å². The molecule has 1 atom stereocenters. The number of hydrogen-bond donors (Lipinski definition) is 1. The predicted molar refractivity (Wildman–Crippen MR) is 75.7 cm³/mol. The van der Waals surface area contributed by atoms with Crippen LogP contribution in [0.3, 0.4) is 0 Å². The summed E-state index contributed by atoms with van der Waals surface area (Å²) in [4.78, 5) is 11.3. The van der Waals surface area contributed by atoms with E-state index in [1.165, 1.54) is 19.3 Å². The third-order valence-electron chi connectivity index (χ3n) is 4.02. The number of aromatic nitrogens is 2. The maximum absolute atomic E-state index is 9.08. The summed E-state index contributed by atoms with van der Waals surface area (Å²) < 4.78 is 0. The third-order valence-corrected chi connectivity index (χ3v) is 4.22.